The van der Waals surface area contributed by atoms with Crippen molar-refractivity contribution in [3.8, 4) is 17.2 Å². The number of aryl methyl sites for hydroxylation is 1. The van der Waals surface area contributed by atoms with E-state index in [0.29, 0.717) is 40.2 Å². The molecule has 0 aliphatic rings. The summed E-state index contributed by atoms with van der Waals surface area (Å²) in [5.74, 6) is 0.896. The fourth-order valence-electron chi connectivity index (χ4n) is 3.15. The van der Waals surface area contributed by atoms with Crippen molar-refractivity contribution in [3.63, 3.8) is 0 Å². The van der Waals surface area contributed by atoms with E-state index in [4.69, 9.17) is 18.9 Å². The largest absolute Gasteiger partial charge is 0.493 e. The molecule has 0 bridgehead atoms. The van der Waals surface area contributed by atoms with Crippen LogP contribution in [0.4, 0.5) is 0 Å². The second kappa shape index (κ2) is 10.5. The first-order valence-electron chi connectivity index (χ1n) is 10.1. The number of aromatic nitrogens is 2. The van der Waals surface area contributed by atoms with Crippen molar-refractivity contribution in [2.24, 2.45) is 5.10 Å². The number of halogens is 1. The van der Waals surface area contributed by atoms with Crippen molar-refractivity contribution in [2.45, 2.75) is 26.4 Å². The molecule has 0 fully saturated rings. The summed E-state index contributed by atoms with van der Waals surface area (Å²) >= 11 is 3.39. The van der Waals surface area contributed by atoms with E-state index in [1.165, 1.54) is 32.2 Å². The van der Waals surface area contributed by atoms with Crippen molar-refractivity contribution in [3.05, 3.63) is 56.5 Å². The van der Waals surface area contributed by atoms with E-state index >= 15 is 0 Å². The Balaban J connectivity index is 2.05. The van der Waals surface area contributed by atoms with Gasteiger partial charge >= 0.3 is 5.97 Å². The van der Waals surface area contributed by atoms with Crippen LogP contribution in [0.2, 0.25) is 0 Å². The topological polar surface area (TPSA) is 101 Å². The van der Waals surface area contributed by atoms with Gasteiger partial charge in [0.1, 0.15) is 5.82 Å². The summed E-state index contributed by atoms with van der Waals surface area (Å²) in [7, 11) is 4.22. The summed E-state index contributed by atoms with van der Waals surface area (Å²) in [5.41, 5.74) is 0.918. The minimum atomic E-state index is -0.869. The van der Waals surface area contributed by atoms with Gasteiger partial charge in [0.15, 0.2) is 17.6 Å². The van der Waals surface area contributed by atoms with E-state index in [2.05, 4.69) is 26.0 Å². The molecule has 0 unspecified atom stereocenters. The highest BCUT2D eigenvalue weighted by molar-refractivity contribution is 9.10. The number of hydrogen-bond acceptors (Lipinski definition) is 8. The third-order valence-corrected chi connectivity index (χ3v) is 5.32. The van der Waals surface area contributed by atoms with Crippen molar-refractivity contribution < 1.29 is 23.7 Å². The Labute approximate surface area is 199 Å². The summed E-state index contributed by atoms with van der Waals surface area (Å²) in [6.45, 7) is 3.46. The normalized spacial score (nSPS) is 12.1. The zero-order valence-corrected chi connectivity index (χ0v) is 20.5. The van der Waals surface area contributed by atoms with Gasteiger partial charge in [-0.3, -0.25) is 4.79 Å². The molecule has 0 spiro atoms. The lowest BCUT2D eigenvalue weighted by atomic mass is 10.2. The molecule has 0 amide bonds. The average molecular weight is 518 g/mol. The lowest BCUT2D eigenvalue weighted by Crippen LogP contribution is -2.25. The predicted molar refractivity (Wildman–Crippen MR) is 128 cm³/mol. The van der Waals surface area contributed by atoms with Gasteiger partial charge in [0, 0.05) is 16.5 Å². The Hall–Kier alpha value is -3.40. The number of rotatable bonds is 8. The van der Waals surface area contributed by atoms with Crippen LogP contribution >= 0.6 is 15.9 Å². The highest BCUT2D eigenvalue weighted by Gasteiger charge is 2.21. The van der Waals surface area contributed by atoms with Crippen LogP contribution in [0.25, 0.3) is 10.9 Å². The molecule has 174 valence electrons. The first-order valence-corrected chi connectivity index (χ1v) is 10.9. The second-order valence-corrected chi connectivity index (χ2v) is 7.86. The van der Waals surface area contributed by atoms with Gasteiger partial charge in [-0.05, 0) is 37.3 Å². The molecule has 9 nitrogen and oxygen atoms in total. The monoisotopic (exact) mass is 517 g/mol. The number of esters is 1. The fraction of sp³-hybridized carbons (Fsp3) is 0.304. The lowest BCUT2D eigenvalue weighted by molar-refractivity contribution is -0.148. The Morgan fingerprint density at radius 3 is 2.42 bits per heavy atom. The van der Waals surface area contributed by atoms with Gasteiger partial charge in [0.05, 0.1) is 38.4 Å². The number of nitrogens with zero attached hydrogens (tertiary/aromatic N) is 3. The van der Waals surface area contributed by atoms with E-state index in [0.717, 1.165) is 4.47 Å². The minimum Gasteiger partial charge on any atom is -0.493 e. The van der Waals surface area contributed by atoms with Crippen molar-refractivity contribution in [1.82, 2.24) is 9.66 Å². The van der Waals surface area contributed by atoms with Crippen molar-refractivity contribution in [1.29, 1.82) is 0 Å². The molecule has 1 heterocycles. The van der Waals surface area contributed by atoms with Crippen molar-refractivity contribution in [2.75, 3.05) is 21.3 Å². The Bertz CT molecular complexity index is 1250. The van der Waals surface area contributed by atoms with E-state index < -0.39 is 12.1 Å². The van der Waals surface area contributed by atoms with Crippen LogP contribution in [-0.4, -0.2) is 49.3 Å². The van der Waals surface area contributed by atoms with Crippen LogP contribution in [0.1, 0.15) is 25.2 Å². The maximum absolute atomic E-state index is 13.1. The molecule has 1 aromatic heterocycles. The fourth-order valence-corrected chi connectivity index (χ4v) is 3.51. The highest BCUT2D eigenvalue weighted by Crippen LogP contribution is 2.39. The first-order chi connectivity index (χ1) is 15.8. The number of benzene rings is 2. The first kappa shape index (κ1) is 24.2. The van der Waals surface area contributed by atoms with Gasteiger partial charge in [-0.2, -0.15) is 9.78 Å². The van der Waals surface area contributed by atoms with Gasteiger partial charge in [-0.1, -0.05) is 22.9 Å². The Kier molecular flexibility index (Phi) is 7.70. The maximum Gasteiger partial charge on any atom is 0.346 e. The van der Waals surface area contributed by atoms with Gasteiger partial charge < -0.3 is 18.9 Å². The van der Waals surface area contributed by atoms with Crippen LogP contribution in [-0.2, 0) is 16.0 Å². The molecule has 0 aliphatic heterocycles. The standard InChI is InChI=1S/C23H24BrN3O6/c1-6-20-26-17-8-7-15(24)11-16(17)22(28)27(20)25-12-14-9-18(30-3)21(19(10-14)31-4)33-13(2)23(29)32-5/h7-13H,6H2,1-5H3/t13-/m0/s1. The Morgan fingerprint density at radius 2 is 1.85 bits per heavy atom. The van der Waals surface area contributed by atoms with Gasteiger partial charge in [0.25, 0.3) is 5.56 Å². The predicted octanol–water partition coefficient (Wildman–Crippen LogP) is 3.56. The number of ether oxygens (including phenoxy) is 4. The van der Waals surface area contributed by atoms with Crippen LogP contribution in [0.5, 0.6) is 17.2 Å². The third kappa shape index (κ3) is 5.16. The summed E-state index contributed by atoms with van der Waals surface area (Å²) < 4.78 is 23.3. The molecule has 3 rings (SSSR count). The minimum absolute atomic E-state index is 0.249. The van der Waals surface area contributed by atoms with Crippen LogP contribution < -0.4 is 19.8 Å². The second-order valence-electron chi connectivity index (χ2n) is 6.94. The van der Waals surface area contributed by atoms with Crippen LogP contribution in [0, 0.1) is 0 Å². The van der Waals surface area contributed by atoms with E-state index in [1.807, 2.05) is 13.0 Å². The molecule has 0 radical (unpaired) electrons. The molecule has 1 atom stereocenters. The number of fused-ring (bicyclic) bond motifs is 1. The lowest BCUT2D eigenvalue weighted by Gasteiger charge is -2.18. The SMILES string of the molecule is CCc1nc2ccc(Br)cc2c(=O)n1N=Cc1cc(OC)c(O[C@@H](C)C(=O)OC)c(OC)c1. The smallest absolute Gasteiger partial charge is 0.346 e. The molecule has 33 heavy (non-hydrogen) atoms. The van der Waals surface area contributed by atoms with E-state index in [1.54, 1.807) is 31.2 Å². The number of carbonyl (C=O) groups excluding carboxylic acids is 1. The van der Waals surface area contributed by atoms with Gasteiger partial charge in [-0.25, -0.2) is 9.78 Å². The number of methoxy groups -OCH3 is 3. The molecular formula is C23H24BrN3O6. The summed E-state index contributed by atoms with van der Waals surface area (Å²) in [6, 6.07) is 8.67. The zero-order chi connectivity index (χ0) is 24.1. The molecule has 3 aromatic rings. The van der Waals surface area contributed by atoms with Crippen molar-refractivity contribution >= 4 is 39.0 Å². The summed E-state index contributed by atoms with van der Waals surface area (Å²) in [4.78, 5) is 29.4. The number of hydrogen-bond donors (Lipinski definition) is 0. The molecule has 0 saturated heterocycles. The molecule has 0 saturated carbocycles. The molecule has 0 aliphatic carbocycles. The highest BCUT2D eigenvalue weighted by atomic mass is 79.9. The molecular weight excluding hydrogens is 494 g/mol. The molecule has 0 N–H and O–H groups in total. The van der Waals surface area contributed by atoms with Gasteiger partial charge in [0.2, 0.25) is 5.75 Å². The Morgan fingerprint density at radius 1 is 1.18 bits per heavy atom. The zero-order valence-electron chi connectivity index (χ0n) is 18.9. The van der Waals surface area contributed by atoms with E-state index in [-0.39, 0.29) is 11.3 Å². The third-order valence-electron chi connectivity index (χ3n) is 4.82. The quantitative estimate of drug-likeness (QED) is 0.332. The average Bonchev–Trinajstić information content (AvgIpc) is 2.83. The van der Waals surface area contributed by atoms with Gasteiger partial charge in [-0.15, -0.1) is 0 Å². The molecule has 10 heteroatoms. The maximum atomic E-state index is 13.1. The van der Waals surface area contributed by atoms with E-state index in [9.17, 15) is 9.59 Å². The summed E-state index contributed by atoms with van der Waals surface area (Å²) in [6.07, 6.45) is 1.15. The number of carbonyl (C=O) groups is 1. The van der Waals surface area contributed by atoms with Crippen LogP contribution in [0.15, 0.2) is 44.7 Å². The van der Waals surface area contributed by atoms with Crippen LogP contribution in [0.3, 0.4) is 0 Å². The molecule has 2 aromatic carbocycles. The summed E-state index contributed by atoms with van der Waals surface area (Å²) in [5, 5.41) is 4.84.